The van der Waals surface area contributed by atoms with E-state index in [1.807, 2.05) is 0 Å². The molecule has 1 heterocycles. The topological polar surface area (TPSA) is 103 Å². The fraction of sp³-hybridized carbons (Fsp3) is 0.600. The van der Waals surface area contributed by atoms with E-state index in [9.17, 15) is 4.79 Å². The predicted octanol–water partition coefficient (Wildman–Crippen LogP) is 0.847. The first-order valence-electron chi connectivity index (χ1n) is 5.43. The summed E-state index contributed by atoms with van der Waals surface area (Å²) in [4.78, 5) is 22.8. The van der Waals surface area contributed by atoms with E-state index in [-0.39, 0.29) is 23.8 Å². The molecule has 8 heteroatoms. The van der Waals surface area contributed by atoms with E-state index in [4.69, 9.17) is 22.1 Å². The molecule has 1 aromatic rings. The Bertz CT molecular complexity index is 438. The summed E-state index contributed by atoms with van der Waals surface area (Å²) in [6.45, 7) is 5.95. The quantitative estimate of drug-likeness (QED) is 0.796. The number of halogens is 1. The van der Waals surface area contributed by atoms with Crippen LogP contribution in [0.5, 0.6) is 6.01 Å². The van der Waals surface area contributed by atoms with E-state index < -0.39 is 11.3 Å². The van der Waals surface area contributed by atoms with Crippen molar-refractivity contribution in [2.45, 2.75) is 20.8 Å². The number of amides is 1. The van der Waals surface area contributed by atoms with Gasteiger partial charge in [-0.15, -0.1) is 0 Å². The minimum Gasteiger partial charge on any atom is -0.464 e. The van der Waals surface area contributed by atoms with Crippen molar-refractivity contribution in [2.75, 3.05) is 18.5 Å². The van der Waals surface area contributed by atoms with Crippen molar-refractivity contribution in [1.29, 1.82) is 0 Å². The third-order valence-electron chi connectivity index (χ3n) is 2.22. The highest BCUT2D eigenvalue weighted by atomic mass is 35.5. The van der Waals surface area contributed by atoms with Crippen molar-refractivity contribution in [3.05, 3.63) is 5.28 Å². The van der Waals surface area contributed by atoms with E-state index in [0.717, 1.165) is 0 Å². The molecule has 18 heavy (non-hydrogen) atoms. The van der Waals surface area contributed by atoms with Crippen LogP contribution in [0, 0.1) is 5.41 Å². The average molecular weight is 274 g/mol. The van der Waals surface area contributed by atoms with Gasteiger partial charge in [0.05, 0.1) is 12.0 Å². The lowest BCUT2D eigenvalue weighted by Crippen LogP contribution is -2.37. The van der Waals surface area contributed by atoms with Crippen molar-refractivity contribution in [3.8, 4) is 6.01 Å². The highest BCUT2D eigenvalue weighted by molar-refractivity contribution is 6.28. The van der Waals surface area contributed by atoms with Gasteiger partial charge in [-0.05, 0) is 32.4 Å². The Hall–Kier alpha value is -1.63. The Balaban J connectivity index is 2.76. The SMILES string of the molecule is CCOc1nc(Cl)nc(NCC(C)(C)C(N)=O)n1. The normalized spacial score (nSPS) is 11.1. The number of nitrogens with one attached hydrogen (secondary N) is 1. The lowest BCUT2D eigenvalue weighted by molar-refractivity contribution is -0.125. The van der Waals surface area contributed by atoms with E-state index in [0.29, 0.717) is 6.61 Å². The summed E-state index contributed by atoms with van der Waals surface area (Å²) in [5, 5.41) is 2.90. The highest BCUT2D eigenvalue weighted by Crippen LogP contribution is 2.16. The number of hydrogen-bond donors (Lipinski definition) is 2. The van der Waals surface area contributed by atoms with Gasteiger partial charge in [0.25, 0.3) is 0 Å². The molecule has 3 N–H and O–H groups in total. The van der Waals surface area contributed by atoms with Crippen LogP contribution in [0.1, 0.15) is 20.8 Å². The zero-order valence-electron chi connectivity index (χ0n) is 10.5. The molecule has 0 aliphatic carbocycles. The molecule has 0 spiro atoms. The van der Waals surface area contributed by atoms with Crippen LogP contribution in [0.4, 0.5) is 5.95 Å². The smallest absolute Gasteiger partial charge is 0.322 e. The number of nitrogens with two attached hydrogens (primary N) is 1. The van der Waals surface area contributed by atoms with E-state index in [1.54, 1.807) is 20.8 Å². The van der Waals surface area contributed by atoms with Gasteiger partial charge in [0.15, 0.2) is 0 Å². The van der Waals surface area contributed by atoms with E-state index in [1.165, 1.54) is 0 Å². The van der Waals surface area contributed by atoms with Crippen molar-refractivity contribution in [3.63, 3.8) is 0 Å². The molecule has 1 aromatic heterocycles. The Morgan fingerprint density at radius 3 is 2.67 bits per heavy atom. The summed E-state index contributed by atoms with van der Waals surface area (Å²) < 4.78 is 5.13. The maximum Gasteiger partial charge on any atom is 0.322 e. The van der Waals surface area contributed by atoms with E-state index in [2.05, 4.69) is 20.3 Å². The standard InChI is InChI=1S/C10H16ClN5O2/c1-4-18-9-15-7(11)14-8(16-9)13-5-10(2,3)6(12)17/h4-5H2,1-3H3,(H2,12,17)(H,13,14,15,16). The van der Waals surface area contributed by atoms with Gasteiger partial charge >= 0.3 is 6.01 Å². The second kappa shape index (κ2) is 5.81. The Labute approximate surface area is 110 Å². The molecule has 0 aromatic carbocycles. The zero-order chi connectivity index (χ0) is 13.8. The number of primary amides is 1. The van der Waals surface area contributed by atoms with Crippen LogP contribution in [0.2, 0.25) is 5.28 Å². The lowest BCUT2D eigenvalue weighted by Gasteiger charge is -2.20. The molecule has 0 radical (unpaired) electrons. The zero-order valence-corrected chi connectivity index (χ0v) is 11.3. The molecular formula is C10H16ClN5O2. The van der Waals surface area contributed by atoms with Crippen LogP contribution in [-0.2, 0) is 4.79 Å². The van der Waals surface area contributed by atoms with Gasteiger partial charge in [-0.25, -0.2) is 0 Å². The number of rotatable bonds is 6. The van der Waals surface area contributed by atoms with Gasteiger partial charge < -0.3 is 15.8 Å². The Kier molecular flexibility index (Phi) is 4.66. The molecule has 1 rings (SSSR count). The van der Waals surface area contributed by atoms with Crippen LogP contribution in [-0.4, -0.2) is 34.0 Å². The number of carbonyl (C=O) groups excluding carboxylic acids is 1. The third kappa shape index (κ3) is 3.99. The molecule has 7 nitrogen and oxygen atoms in total. The number of hydrogen-bond acceptors (Lipinski definition) is 6. The molecule has 100 valence electrons. The maximum atomic E-state index is 11.2. The maximum absolute atomic E-state index is 11.2. The van der Waals surface area contributed by atoms with Gasteiger partial charge in [-0.3, -0.25) is 4.79 Å². The summed E-state index contributed by atoms with van der Waals surface area (Å²) >= 11 is 5.72. The molecular weight excluding hydrogens is 258 g/mol. The fourth-order valence-corrected chi connectivity index (χ4v) is 1.14. The van der Waals surface area contributed by atoms with Crippen LogP contribution < -0.4 is 15.8 Å². The average Bonchev–Trinajstić information content (AvgIpc) is 2.26. The summed E-state index contributed by atoms with van der Waals surface area (Å²) in [5.41, 5.74) is 4.54. The minimum atomic E-state index is -0.717. The van der Waals surface area contributed by atoms with Crippen LogP contribution >= 0.6 is 11.6 Å². The number of nitrogens with zero attached hydrogens (tertiary/aromatic N) is 3. The van der Waals surface area contributed by atoms with Gasteiger partial charge in [0, 0.05) is 6.54 Å². The van der Waals surface area contributed by atoms with Crippen molar-refractivity contribution >= 4 is 23.5 Å². The largest absolute Gasteiger partial charge is 0.464 e. The van der Waals surface area contributed by atoms with Crippen LogP contribution in [0.15, 0.2) is 0 Å². The molecule has 0 fully saturated rings. The summed E-state index contributed by atoms with van der Waals surface area (Å²) in [6, 6.07) is 0.136. The number of carbonyl (C=O) groups is 1. The molecule has 0 bridgehead atoms. The lowest BCUT2D eigenvalue weighted by atomic mass is 9.93. The Morgan fingerprint density at radius 2 is 2.11 bits per heavy atom. The van der Waals surface area contributed by atoms with E-state index >= 15 is 0 Å². The van der Waals surface area contributed by atoms with Gasteiger partial charge in [-0.2, -0.15) is 15.0 Å². The van der Waals surface area contributed by atoms with Gasteiger partial charge in [0.1, 0.15) is 0 Å². The minimum absolute atomic E-state index is 0.0211. The molecule has 0 aliphatic heterocycles. The second-order valence-corrected chi connectivity index (χ2v) is 4.58. The highest BCUT2D eigenvalue weighted by Gasteiger charge is 2.25. The molecule has 0 saturated carbocycles. The van der Waals surface area contributed by atoms with Crippen molar-refractivity contribution in [2.24, 2.45) is 11.1 Å². The van der Waals surface area contributed by atoms with Crippen molar-refractivity contribution in [1.82, 2.24) is 15.0 Å². The number of ether oxygens (including phenoxy) is 1. The summed E-state index contributed by atoms with van der Waals surface area (Å²) in [7, 11) is 0. The second-order valence-electron chi connectivity index (χ2n) is 4.25. The van der Waals surface area contributed by atoms with Gasteiger partial charge in [-0.1, -0.05) is 0 Å². The number of aromatic nitrogens is 3. The predicted molar refractivity (Wildman–Crippen MR) is 67.5 cm³/mol. The van der Waals surface area contributed by atoms with Gasteiger partial charge in [0.2, 0.25) is 17.1 Å². The monoisotopic (exact) mass is 273 g/mol. The van der Waals surface area contributed by atoms with Crippen LogP contribution in [0.3, 0.4) is 0 Å². The van der Waals surface area contributed by atoms with Crippen LogP contribution in [0.25, 0.3) is 0 Å². The number of anilines is 1. The fourth-order valence-electron chi connectivity index (χ4n) is 0.992. The first-order chi connectivity index (χ1) is 8.35. The third-order valence-corrected chi connectivity index (χ3v) is 2.39. The molecule has 0 saturated heterocycles. The van der Waals surface area contributed by atoms with Crippen molar-refractivity contribution < 1.29 is 9.53 Å². The summed E-state index contributed by atoms with van der Waals surface area (Å²) in [6.07, 6.45) is 0. The first-order valence-corrected chi connectivity index (χ1v) is 5.81. The Morgan fingerprint density at radius 1 is 1.44 bits per heavy atom. The molecule has 0 aliphatic rings. The first kappa shape index (κ1) is 14.4. The molecule has 0 atom stereocenters. The molecule has 1 amide bonds. The summed E-state index contributed by atoms with van der Waals surface area (Å²) in [5.74, 6) is -0.173. The molecule has 0 unspecified atom stereocenters.